The highest BCUT2D eigenvalue weighted by molar-refractivity contribution is 7.92. The Morgan fingerprint density at radius 2 is 1.66 bits per heavy atom. The predicted molar refractivity (Wildman–Crippen MR) is 117 cm³/mol. The number of benzene rings is 2. The minimum absolute atomic E-state index is 0.233. The Hall–Kier alpha value is -2.54. The number of carbonyl (C=O) groups excluding carboxylic acids is 1. The number of nitrogens with one attached hydrogen (secondary N) is 1. The predicted octanol–water partition coefficient (Wildman–Crippen LogP) is 3.65. The number of ether oxygens (including phenoxy) is 1. The number of hydrogen-bond donors (Lipinski definition) is 1. The molecule has 158 valence electrons. The first kappa shape index (κ1) is 22.7. The van der Waals surface area contributed by atoms with Gasteiger partial charge in [0.25, 0.3) is 0 Å². The average Bonchev–Trinajstić information content (AvgIpc) is 2.63. The number of amides is 1. The summed E-state index contributed by atoms with van der Waals surface area (Å²) in [6.45, 7) is 10.1. The van der Waals surface area contributed by atoms with Gasteiger partial charge in [0, 0.05) is 0 Å². The van der Waals surface area contributed by atoms with Crippen molar-refractivity contribution in [2.24, 2.45) is 0 Å². The van der Waals surface area contributed by atoms with Crippen LogP contribution in [-0.2, 0) is 14.8 Å². The molecule has 0 fully saturated rings. The second-order valence-corrected chi connectivity index (χ2v) is 9.19. The molecule has 0 aliphatic heterocycles. The molecule has 0 radical (unpaired) electrons. The molecular weight excluding hydrogens is 388 g/mol. The van der Waals surface area contributed by atoms with Crippen LogP contribution >= 0.6 is 0 Å². The van der Waals surface area contributed by atoms with E-state index in [1.54, 1.807) is 24.3 Å². The average molecular weight is 419 g/mol. The molecule has 0 spiro atoms. The molecule has 0 heterocycles. The highest BCUT2D eigenvalue weighted by Crippen LogP contribution is 2.23. The lowest BCUT2D eigenvalue weighted by atomic mass is 9.96. The molecule has 2 aromatic carbocycles. The number of carbonyl (C=O) groups is 1. The summed E-state index contributed by atoms with van der Waals surface area (Å²) in [5.41, 5.74) is 4.88. The topological polar surface area (TPSA) is 75.7 Å². The summed E-state index contributed by atoms with van der Waals surface area (Å²) in [6.07, 6.45) is 1.09. The molecular formula is C22H30N2O4S. The van der Waals surface area contributed by atoms with Crippen molar-refractivity contribution in [1.29, 1.82) is 0 Å². The molecule has 0 saturated heterocycles. The molecule has 6 nitrogen and oxygen atoms in total. The van der Waals surface area contributed by atoms with Crippen LogP contribution in [-0.4, -0.2) is 33.7 Å². The molecule has 0 bridgehead atoms. The van der Waals surface area contributed by atoms with Crippen molar-refractivity contribution >= 4 is 21.6 Å². The summed E-state index contributed by atoms with van der Waals surface area (Å²) in [6, 6.07) is 10.6. The van der Waals surface area contributed by atoms with Gasteiger partial charge in [-0.25, -0.2) is 8.42 Å². The minimum Gasteiger partial charge on any atom is -0.494 e. The number of rotatable bonds is 8. The highest BCUT2D eigenvalue weighted by atomic mass is 32.2. The summed E-state index contributed by atoms with van der Waals surface area (Å²) >= 11 is 0. The van der Waals surface area contributed by atoms with E-state index in [-0.39, 0.29) is 18.5 Å². The zero-order chi connectivity index (χ0) is 21.8. The molecule has 0 aliphatic rings. The third-order valence-corrected chi connectivity index (χ3v) is 5.99. The SMILES string of the molecule is CCOc1ccc(N(CC(=O)N[C@@H](C)c2cc(C)c(C)cc2C)S(C)(=O)=O)cc1. The smallest absolute Gasteiger partial charge is 0.241 e. The molecule has 0 saturated carbocycles. The molecule has 0 aromatic heterocycles. The van der Waals surface area contributed by atoms with E-state index in [1.807, 2.05) is 27.7 Å². The van der Waals surface area contributed by atoms with Crippen molar-refractivity contribution in [3.63, 3.8) is 0 Å². The first-order chi connectivity index (χ1) is 13.5. The lowest BCUT2D eigenvalue weighted by Crippen LogP contribution is -2.41. The van der Waals surface area contributed by atoms with Crippen LogP contribution in [0.4, 0.5) is 5.69 Å². The van der Waals surface area contributed by atoms with E-state index in [0.717, 1.165) is 27.3 Å². The second-order valence-electron chi connectivity index (χ2n) is 7.28. The number of sulfonamides is 1. The van der Waals surface area contributed by atoms with Crippen LogP contribution in [0.15, 0.2) is 36.4 Å². The molecule has 1 N–H and O–H groups in total. The van der Waals surface area contributed by atoms with Gasteiger partial charge in [-0.2, -0.15) is 0 Å². The largest absolute Gasteiger partial charge is 0.494 e. The van der Waals surface area contributed by atoms with Crippen molar-refractivity contribution in [3.8, 4) is 5.75 Å². The fourth-order valence-electron chi connectivity index (χ4n) is 3.22. The maximum absolute atomic E-state index is 12.6. The number of nitrogens with zero attached hydrogens (tertiary/aromatic N) is 1. The Morgan fingerprint density at radius 3 is 2.21 bits per heavy atom. The van der Waals surface area contributed by atoms with E-state index < -0.39 is 10.0 Å². The lowest BCUT2D eigenvalue weighted by Gasteiger charge is -2.24. The van der Waals surface area contributed by atoms with Crippen LogP contribution < -0.4 is 14.4 Å². The van der Waals surface area contributed by atoms with Gasteiger partial charge in [0.05, 0.1) is 24.6 Å². The number of hydrogen-bond acceptors (Lipinski definition) is 4. The highest BCUT2D eigenvalue weighted by Gasteiger charge is 2.22. The molecule has 0 aliphatic carbocycles. The summed E-state index contributed by atoms with van der Waals surface area (Å²) in [5, 5.41) is 2.92. The molecule has 1 atom stereocenters. The molecule has 1 amide bonds. The van der Waals surface area contributed by atoms with E-state index >= 15 is 0 Å². The standard InChI is InChI=1S/C22H30N2O4S/c1-7-28-20-10-8-19(9-11-20)24(29(6,26)27)14-22(25)23-18(5)21-13-16(3)15(2)12-17(21)4/h8-13,18H,7,14H2,1-6H3,(H,23,25)/t18-/m0/s1. The quantitative estimate of drug-likeness (QED) is 0.710. The first-order valence-electron chi connectivity index (χ1n) is 9.60. The summed E-state index contributed by atoms with van der Waals surface area (Å²) in [5.74, 6) is 0.280. The van der Waals surface area contributed by atoms with Crippen molar-refractivity contribution < 1.29 is 17.9 Å². The van der Waals surface area contributed by atoms with Gasteiger partial charge >= 0.3 is 0 Å². The zero-order valence-electron chi connectivity index (χ0n) is 17.9. The lowest BCUT2D eigenvalue weighted by molar-refractivity contribution is -0.120. The van der Waals surface area contributed by atoms with E-state index in [4.69, 9.17) is 4.74 Å². The van der Waals surface area contributed by atoms with Gasteiger partial charge in [-0.3, -0.25) is 9.10 Å². The summed E-state index contributed by atoms with van der Waals surface area (Å²) < 4.78 is 31.1. The van der Waals surface area contributed by atoms with Crippen LogP contribution in [0.3, 0.4) is 0 Å². The zero-order valence-corrected chi connectivity index (χ0v) is 18.8. The molecule has 0 unspecified atom stereocenters. The van der Waals surface area contributed by atoms with Crippen molar-refractivity contribution in [3.05, 3.63) is 58.7 Å². The Labute approximate surface area is 173 Å². The second kappa shape index (κ2) is 9.31. The molecule has 29 heavy (non-hydrogen) atoms. The monoisotopic (exact) mass is 418 g/mol. The van der Waals surface area contributed by atoms with Crippen LogP contribution in [0.2, 0.25) is 0 Å². The van der Waals surface area contributed by atoms with Crippen molar-refractivity contribution in [2.75, 3.05) is 23.7 Å². The first-order valence-corrected chi connectivity index (χ1v) is 11.5. The third kappa shape index (κ3) is 5.97. The van der Waals surface area contributed by atoms with Gasteiger partial charge in [-0.05, 0) is 81.1 Å². The number of aryl methyl sites for hydroxylation is 3. The summed E-state index contributed by atoms with van der Waals surface area (Å²) in [7, 11) is -3.63. The third-order valence-electron chi connectivity index (χ3n) is 4.85. The van der Waals surface area contributed by atoms with Gasteiger partial charge < -0.3 is 10.1 Å². The molecule has 2 aromatic rings. The van der Waals surface area contributed by atoms with Crippen LogP contribution in [0.1, 0.15) is 42.1 Å². The van der Waals surface area contributed by atoms with Crippen LogP contribution in [0.5, 0.6) is 5.75 Å². The van der Waals surface area contributed by atoms with E-state index in [9.17, 15) is 13.2 Å². The maximum atomic E-state index is 12.6. The Bertz CT molecular complexity index is 969. The molecule has 2 rings (SSSR count). The van der Waals surface area contributed by atoms with E-state index in [0.29, 0.717) is 18.0 Å². The summed E-state index contributed by atoms with van der Waals surface area (Å²) in [4.78, 5) is 12.6. The Balaban J connectivity index is 2.17. The van der Waals surface area contributed by atoms with Gasteiger partial charge in [0.1, 0.15) is 12.3 Å². The Kier molecular flexibility index (Phi) is 7.30. The van der Waals surface area contributed by atoms with Crippen LogP contribution in [0.25, 0.3) is 0 Å². The van der Waals surface area contributed by atoms with Crippen LogP contribution in [0, 0.1) is 20.8 Å². The van der Waals surface area contributed by atoms with Gasteiger partial charge in [-0.15, -0.1) is 0 Å². The fourth-order valence-corrected chi connectivity index (χ4v) is 4.08. The van der Waals surface area contributed by atoms with Gasteiger partial charge in [0.15, 0.2) is 0 Å². The maximum Gasteiger partial charge on any atom is 0.241 e. The van der Waals surface area contributed by atoms with E-state index in [2.05, 4.69) is 24.4 Å². The molecule has 7 heteroatoms. The van der Waals surface area contributed by atoms with Gasteiger partial charge in [-0.1, -0.05) is 12.1 Å². The van der Waals surface area contributed by atoms with E-state index in [1.165, 1.54) is 5.56 Å². The minimum atomic E-state index is -3.63. The normalized spacial score (nSPS) is 12.3. The van der Waals surface area contributed by atoms with Crippen molar-refractivity contribution in [1.82, 2.24) is 5.32 Å². The Morgan fingerprint density at radius 1 is 1.07 bits per heavy atom. The number of anilines is 1. The van der Waals surface area contributed by atoms with Gasteiger partial charge in [0.2, 0.25) is 15.9 Å². The van der Waals surface area contributed by atoms with Crippen molar-refractivity contribution in [2.45, 2.75) is 40.7 Å². The fraction of sp³-hybridized carbons (Fsp3) is 0.409.